The lowest BCUT2D eigenvalue weighted by atomic mass is 9.97. The summed E-state index contributed by atoms with van der Waals surface area (Å²) in [6, 6.07) is 19.8. The molecule has 0 aromatic heterocycles. The minimum atomic E-state index is -0.559. The van der Waals surface area contributed by atoms with Crippen LogP contribution in [0.25, 0.3) is 21.9 Å². The van der Waals surface area contributed by atoms with E-state index in [0.29, 0.717) is 5.75 Å². The van der Waals surface area contributed by atoms with Crippen molar-refractivity contribution in [1.82, 2.24) is 4.90 Å². The van der Waals surface area contributed by atoms with Crippen molar-refractivity contribution in [1.29, 1.82) is 0 Å². The van der Waals surface area contributed by atoms with Crippen LogP contribution < -0.4 is 4.74 Å². The SMILES string of the molecule is CC(Oc1cc(-c2ccc(CO)cc2)c2ccccc2c1)C(=O)N(C)C. The second-order valence-corrected chi connectivity index (χ2v) is 6.54. The number of hydrogen-bond acceptors (Lipinski definition) is 3. The highest BCUT2D eigenvalue weighted by molar-refractivity contribution is 5.98. The Morgan fingerprint density at radius 1 is 1.08 bits per heavy atom. The standard InChI is InChI=1S/C22H23NO3/c1-15(22(25)23(2)3)26-19-12-18-6-4-5-7-20(18)21(13-19)17-10-8-16(14-24)9-11-17/h4-13,15,24H,14H2,1-3H3. The van der Waals surface area contributed by atoms with Crippen LogP contribution in [0.1, 0.15) is 12.5 Å². The summed E-state index contributed by atoms with van der Waals surface area (Å²) >= 11 is 0. The molecule has 134 valence electrons. The van der Waals surface area contributed by atoms with Crippen molar-refractivity contribution in [2.75, 3.05) is 14.1 Å². The van der Waals surface area contributed by atoms with E-state index in [0.717, 1.165) is 27.5 Å². The number of hydrogen-bond donors (Lipinski definition) is 1. The van der Waals surface area contributed by atoms with Gasteiger partial charge in [0.2, 0.25) is 0 Å². The van der Waals surface area contributed by atoms with Crippen molar-refractivity contribution < 1.29 is 14.6 Å². The van der Waals surface area contributed by atoms with E-state index in [9.17, 15) is 9.90 Å². The summed E-state index contributed by atoms with van der Waals surface area (Å²) in [5.41, 5.74) is 2.94. The summed E-state index contributed by atoms with van der Waals surface area (Å²) in [7, 11) is 3.44. The minimum absolute atomic E-state index is 0.0222. The molecule has 0 saturated heterocycles. The predicted molar refractivity (Wildman–Crippen MR) is 104 cm³/mol. The molecule has 1 N–H and O–H groups in total. The van der Waals surface area contributed by atoms with Gasteiger partial charge in [-0.1, -0.05) is 48.5 Å². The van der Waals surface area contributed by atoms with Crippen LogP contribution in [0.2, 0.25) is 0 Å². The van der Waals surface area contributed by atoms with Gasteiger partial charge in [-0.2, -0.15) is 0 Å². The summed E-state index contributed by atoms with van der Waals surface area (Å²) in [5.74, 6) is 0.583. The number of ether oxygens (including phenoxy) is 1. The third-order valence-corrected chi connectivity index (χ3v) is 4.38. The maximum Gasteiger partial charge on any atom is 0.262 e. The molecular weight excluding hydrogens is 326 g/mol. The number of amides is 1. The smallest absolute Gasteiger partial charge is 0.262 e. The van der Waals surface area contributed by atoms with Gasteiger partial charge in [0.1, 0.15) is 5.75 Å². The van der Waals surface area contributed by atoms with Crippen molar-refractivity contribution in [3.63, 3.8) is 0 Å². The lowest BCUT2D eigenvalue weighted by Gasteiger charge is -2.19. The zero-order chi connectivity index (χ0) is 18.7. The molecule has 3 aromatic carbocycles. The normalized spacial score (nSPS) is 12.0. The molecule has 1 unspecified atom stereocenters. The molecule has 0 heterocycles. The molecule has 0 aliphatic carbocycles. The minimum Gasteiger partial charge on any atom is -0.481 e. The zero-order valence-corrected chi connectivity index (χ0v) is 15.3. The van der Waals surface area contributed by atoms with Crippen LogP contribution in [0.5, 0.6) is 5.75 Å². The van der Waals surface area contributed by atoms with Crippen molar-refractivity contribution in [3.8, 4) is 16.9 Å². The quantitative estimate of drug-likeness (QED) is 0.761. The molecule has 0 aliphatic heterocycles. The number of nitrogens with zero attached hydrogens (tertiary/aromatic N) is 1. The summed E-state index contributed by atoms with van der Waals surface area (Å²) < 4.78 is 5.92. The van der Waals surface area contributed by atoms with E-state index >= 15 is 0 Å². The lowest BCUT2D eigenvalue weighted by molar-refractivity contribution is -0.135. The molecule has 0 fully saturated rings. The van der Waals surface area contributed by atoms with E-state index in [1.807, 2.05) is 54.6 Å². The largest absolute Gasteiger partial charge is 0.481 e. The molecule has 26 heavy (non-hydrogen) atoms. The number of carbonyl (C=O) groups is 1. The van der Waals surface area contributed by atoms with Crippen LogP contribution in [0, 0.1) is 0 Å². The van der Waals surface area contributed by atoms with Gasteiger partial charge >= 0.3 is 0 Å². The molecule has 0 radical (unpaired) electrons. The number of likely N-dealkylation sites (N-methyl/N-ethyl adjacent to an activating group) is 1. The Kier molecular flexibility index (Phi) is 5.24. The van der Waals surface area contributed by atoms with Crippen molar-refractivity contribution in [2.24, 2.45) is 0 Å². The van der Waals surface area contributed by atoms with Crippen LogP contribution in [0.4, 0.5) is 0 Å². The Hall–Kier alpha value is -2.85. The second kappa shape index (κ2) is 7.58. The van der Waals surface area contributed by atoms with Gasteiger partial charge in [0.15, 0.2) is 6.10 Å². The summed E-state index contributed by atoms with van der Waals surface area (Å²) in [4.78, 5) is 13.6. The maximum atomic E-state index is 12.1. The fraction of sp³-hybridized carbons (Fsp3) is 0.227. The van der Waals surface area contributed by atoms with Crippen LogP contribution in [-0.4, -0.2) is 36.1 Å². The molecule has 0 bridgehead atoms. The second-order valence-electron chi connectivity index (χ2n) is 6.54. The summed E-state index contributed by atoms with van der Waals surface area (Å²) in [6.45, 7) is 1.78. The average molecular weight is 349 g/mol. The first-order valence-electron chi connectivity index (χ1n) is 8.60. The molecule has 3 aromatic rings. The van der Waals surface area contributed by atoms with Crippen LogP contribution in [0.3, 0.4) is 0 Å². The summed E-state index contributed by atoms with van der Waals surface area (Å²) in [6.07, 6.45) is -0.559. The van der Waals surface area contributed by atoms with Crippen LogP contribution >= 0.6 is 0 Å². The van der Waals surface area contributed by atoms with Crippen molar-refractivity contribution in [3.05, 3.63) is 66.2 Å². The first-order chi connectivity index (χ1) is 12.5. The van der Waals surface area contributed by atoms with Gasteiger partial charge in [-0.25, -0.2) is 0 Å². The molecule has 0 spiro atoms. The third kappa shape index (κ3) is 3.70. The van der Waals surface area contributed by atoms with Gasteiger partial charge in [-0.15, -0.1) is 0 Å². The fourth-order valence-electron chi connectivity index (χ4n) is 3.00. The highest BCUT2D eigenvalue weighted by Crippen LogP contribution is 2.33. The van der Waals surface area contributed by atoms with Crippen molar-refractivity contribution >= 4 is 16.7 Å². The molecule has 0 aliphatic rings. The number of carbonyl (C=O) groups excluding carboxylic acids is 1. The number of rotatable bonds is 5. The topological polar surface area (TPSA) is 49.8 Å². The highest BCUT2D eigenvalue weighted by atomic mass is 16.5. The lowest BCUT2D eigenvalue weighted by Crippen LogP contribution is -2.35. The molecule has 0 saturated carbocycles. The van der Waals surface area contributed by atoms with Gasteiger partial charge < -0.3 is 14.7 Å². The first kappa shape index (κ1) is 18.0. The molecular formula is C22H23NO3. The number of fused-ring (bicyclic) bond motifs is 1. The predicted octanol–water partition coefficient (Wildman–Crippen LogP) is 3.85. The Morgan fingerprint density at radius 2 is 1.77 bits per heavy atom. The number of aliphatic hydroxyl groups excluding tert-OH is 1. The van der Waals surface area contributed by atoms with E-state index in [-0.39, 0.29) is 12.5 Å². The maximum absolute atomic E-state index is 12.1. The zero-order valence-electron chi connectivity index (χ0n) is 15.3. The van der Waals surface area contributed by atoms with E-state index < -0.39 is 6.10 Å². The van der Waals surface area contributed by atoms with E-state index in [2.05, 4.69) is 6.07 Å². The Labute approximate surface area is 153 Å². The molecule has 4 heteroatoms. The van der Waals surface area contributed by atoms with Gasteiger partial charge in [-0.05, 0) is 46.5 Å². The summed E-state index contributed by atoms with van der Waals surface area (Å²) in [5, 5.41) is 11.4. The Balaban J connectivity index is 2.05. The van der Waals surface area contributed by atoms with Gasteiger partial charge in [-0.3, -0.25) is 4.79 Å². The molecule has 4 nitrogen and oxygen atoms in total. The van der Waals surface area contributed by atoms with Gasteiger partial charge in [0.05, 0.1) is 6.61 Å². The Bertz CT molecular complexity index is 916. The van der Waals surface area contributed by atoms with Crippen LogP contribution in [-0.2, 0) is 11.4 Å². The van der Waals surface area contributed by atoms with E-state index in [4.69, 9.17) is 4.74 Å². The molecule has 1 atom stereocenters. The van der Waals surface area contributed by atoms with Crippen molar-refractivity contribution in [2.45, 2.75) is 19.6 Å². The highest BCUT2D eigenvalue weighted by Gasteiger charge is 2.17. The number of aliphatic hydroxyl groups is 1. The number of benzene rings is 3. The van der Waals surface area contributed by atoms with E-state index in [1.165, 1.54) is 4.90 Å². The van der Waals surface area contributed by atoms with Gasteiger partial charge in [0, 0.05) is 14.1 Å². The first-order valence-corrected chi connectivity index (χ1v) is 8.60. The average Bonchev–Trinajstić information content (AvgIpc) is 2.66. The third-order valence-electron chi connectivity index (χ3n) is 4.38. The fourth-order valence-corrected chi connectivity index (χ4v) is 3.00. The monoisotopic (exact) mass is 349 g/mol. The van der Waals surface area contributed by atoms with Gasteiger partial charge in [0.25, 0.3) is 5.91 Å². The van der Waals surface area contributed by atoms with Crippen LogP contribution in [0.15, 0.2) is 60.7 Å². The Morgan fingerprint density at radius 3 is 2.42 bits per heavy atom. The molecule has 1 amide bonds. The molecule has 3 rings (SSSR count). The van der Waals surface area contributed by atoms with E-state index in [1.54, 1.807) is 21.0 Å².